The average molecular weight is 479 g/mol. The van der Waals surface area contributed by atoms with Crippen molar-refractivity contribution in [2.75, 3.05) is 20.3 Å². The molecule has 35 heavy (non-hydrogen) atoms. The van der Waals surface area contributed by atoms with Crippen molar-refractivity contribution in [2.45, 2.75) is 58.3 Å². The molecule has 0 spiro atoms. The molecule has 1 saturated carbocycles. The van der Waals surface area contributed by atoms with E-state index in [-0.39, 0.29) is 11.9 Å². The number of methoxy groups -OCH3 is 1. The van der Waals surface area contributed by atoms with Gasteiger partial charge in [0, 0.05) is 25.1 Å². The van der Waals surface area contributed by atoms with Crippen LogP contribution >= 0.6 is 0 Å². The average Bonchev–Trinajstić information content (AvgIpc) is 3.60. The number of carbonyl (C=O) groups is 1. The first-order valence-electron chi connectivity index (χ1n) is 12.3. The third kappa shape index (κ3) is 4.21. The Morgan fingerprint density at radius 3 is 2.57 bits per heavy atom. The van der Waals surface area contributed by atoms with Gasteiger partial charge in [-0.2, -0.15) is 0 Å². The number of carbonyl (C=O) groups excluding carboxylic acids is 1. The van der Waals surface area contributed by atoms with E-state index < -0.39 is 23.2 Å². The van der Waals surface area contributed by atoms with Crippen molar-refractivity contribution in [3.8, 4) is 5.75 Å². The monoisotopic (exact) mass is 478 g/mol. The third-order valence-corrected chi connectivity index (χ3v) is 6.85. The van der Waals surface area contributed by atoms with E-state index in [2.05, 4.69) is 0 Å². The van der Waals surface area contributed by atoms with Crippen molar-refractivity contribution in [3.05, 3.63) is 65.6 Å². The molecule has 186 valence electrons. The Kier molecular flexibility index (Phi) is 6.09. The number of aryl methyl sites for hydroxylation is 1. The number of ether oxygens (including phenoxy) is 4. The molecule has 3 atom stereocenters. The number of imidazole rings is 1. The highest BCUT2D eigenvalue weighted by molar-refractivity contribution is 5.76. The zero-order valence-corrected chi connectivity index (χ0v) is 21.1. The molecule has 0 radical (unpaired) electrons. The van der Waals surface area contributed by atoms with Gasteiger partial charge in [-0.05, 0) is 58.1 Å². The molecule has 1 aromatic carbocycles. The summed E-state index contributed by atoms with van der Waals surface area (Å²) in [6.07, 6.45) is 4.70. The number of pyridine rings is 1. The fourth-order valence-corrected chi connectivity index (χ4v) is 5.00. The van der Waals surface area contributed by atoms with Crippen molar-refractivity contribution in [2.24, 2.45) is 11.3 Å². The summed E-state index contributed by atoms with van der Waals surface area (Å²) < 4.78 is 27.2. The summed E-state index contributed by atoms with van der Waals surface area (Å²) in [6, 6.07) is 12.0. The largest absolute Gasteiger partial charge is 0.477 e. The predicted octanol–water partition coefficient (Wildman–Crippen LogP) is 5.00. The lowest BCUT2D eigenvalue weighted by molar-refractivity contribution is -0.218. The van der Waals surface area contributed by atoms with Gasteiger partial charge in [0.25, 0.3) is 0 Å². The topological polar surface area (TPSA) is 71.3 Å². The third-order valence-electron chi connectivity index (χ3n) is 6.85. The van der Waals surface area contributed by atoms with Crippen molar-refractivity contribution in [3.63, 3.8) is 0 Å². The first kappa shape index (κ1) is 23.8. The predicted molar refractivity (Wildman–Crippen MR) is 131 cm³/mol. The first-order valence-corrected chi connectivity index (χ1v) is 12.3. The van der Waals surface area contributed by atoms with Gasteiger partial charge in [0.1, 0.15) is 5.60 Å². The van der Waals surface area contributed by atoms with Crippen LogP contribution in [0.4, 0.5) is 0 Å². The van der Waals surface area contributed by atoms with Crippen molar-refractivity contribution >= 4 is 11.6 Å². The van der Waals surface area contributed by atoms with E-state index in [0.717, 1.165) is 35.3 Å². The maximum atomic E-state index is 13.3. The Balaban J connectivity index is 1.74. The molecule has 1 aliphatic carbocycles. The molecule has 0 saturated heterocycles. The highest BCUT2D eigenvalue weighted by Gasteiger charge is 2.62. The van der Waals surface area contributed by atoms with Crippen LogP contribution in [0.25, 0.3) is 5.65 Å². The van der Waals surface area contributed by atoms with Crippen molar-refractivity contribution in [1.29, 1.82) is 0 Å². The summed E-state index contributed by atoms with van der Waals surface area (Å²) in [5.41, 5.74) is 1.89. The second kappa shape index (κ2) is 8.95. The lowest BCUT2D eigenvalue weighted by atomic mass is 9.76. The lowest BCUT2D eigenvalue weighted by Gasteiger charge is -2.48. The second-order valence-electron chi connectivity index (χ2n) is 10.6. The minimum Gasteiger partial charge on any atom is -0.477 e. The number of esters is 1. The normalized spacial score (nSPS) is 24.1. The fourth-order valence-electron chi connectivity index (χ4n) is 5.00. The van der Waals surface area contributed by atoms with Crippen LogP contribution in [0.1, 0.15) is 56.5 Å². The van der Waals surface area contributed by atoms with Crippen molar-refractivity contribution in [1.82, 2.24) is 9.38 Å². The molecular formula is C28H34N2O5. The zero-order valence-electron chi connectivity index (χ0n) is 21.1. The molecule has 7 nitrogen and oxygen atoms in total. The van der Waals surface area contributed by atoms with Crippen LogP contribution < -0.4 is 4.74 Å². The molecule has 0 bridgehead atoms. The molecule has 0 amide bonds. The van der Waals surface area contributed by atoms with Crippen LogP contribution in [0.5, 0.6) is 5.75 Å². The molecule has 1 aliphatic heterocycles. The smallest absolute Gasteiger partial charge is 0.311 e. The number of nitrogens with zero attached hydrogens (tertiary/aromatic N) is 2. The zero-order chi connectivity index (χ0) is 24.8. The summed E-state index contributed by atoms with van der Waals surface area (Å²) in [5, 5.41) is 0. The molecular weight excluding hydrogens is 444 g/mol. The summed E-state index contributed by atoms with van der Waals surface area (Å²) in [5.74, 6) is 0.583. The van der Waals surface area contributed by atoms with E-state index in [1.165, 1.54) is 0 Å². The molecule has 3 heterocycles. The fraction of sp³-hybridized carbons (Fsp3) is 0.500. The van der Waals surface area contributed by atoms with Crippen LogP contribution in [0.15, 0.2) is 48.8 Å². The van der Waals surface area contributed by atoms with Gasteiger partial charge in [0.2, 0.25) is 0 Å². The Bertz CT molecular complexity index is 1210. The van der Waals surface area contributed by atoms with E-state index in [9.17, 15) is 4.79 Å². The lowest BCUT2D eigenvalue weighted by Crippen LogP contribution is -2.55. The van der Waals surface area contributed by atoms with Crippen LogP contribution in [0.3, 0.4) is 0 Å². The van der Waals surface area contributed by atoms with Crippen molar-refractivity contribution < 1.29 is 23.7 Å². The van der Waals surface area contributed by atoms with E-state index in [4.69, 9.17) is 23.9 Å². The van der Waals surface area contributed by atoms with Crippen LogP contribution in [-0.4, -0.2) is 41.8 Å². The number of fused-ring (bicyclic) bond motifs is 3. The first-order chi connectivity index (χ1) is 16.8. The Labute approximate surface area is 206 Å². The summed E-state index contributed by atoms with van der Waals surface area (Å²) in [7, 11) is 1.66. The van der Waals surface area contributed by atoms with Gasteiger partial charge in [0.15, 0.2) is 23.6 Å². The maximum Gasteiger partial charge on any atom is 0.311 e. The number of hydrogen-bond acceptors (Lipinski definition) is 6. The molecule has 2 aromatic heterocycles. The van der Waals surface area contributed by atoms with Crippen LogP contribution in [0, 0.1) is 18.3 Å². The number of benzene rings is 1. The van der Waals surface area contributed by atoms with Gasteiger partial charge in [-0.1, -0.05) is 30.3 Å². The minimum absolute atomic E-state index is 0.185. The maximum absolute atomic E-state index is 13.3. The van der Waals surface area contributed by atoms with E-state index >= 15 is 0 Å². The summed E-state index contributed by atoms with van der Waals surface area (Å²) in [6.45, 7) is 8.37. The molecule has 0 N–H and O–H groups in total. The Morgan fingerprint density at radius 2 is 1.91 bits per heavy atom. The highest BCUT2D eigenvalue weighted by atomic mass is 16.6. The number of hydrogen-bond donors (Lipinski definition) is 0. The number of rotatable bonds is 7. The summed E-state index contributed by atoms with van der Waals surface area (Å²) >= 11 is 0. The van der Waals surface area contributed by atoms with Gasteiger partial charge in [-0.3, -0.25) is 4.79 Å². The van der Waals surface area contributed by atoms with Gasteiger partial charge in [-0.25, -0.2) is 4.98 Å². The number of aromatic nitrogens is 2. The molecule has 0 unspecified atom stereocenters. The van der Waals surface area contributed by atoms with E-state index in [1.54, 1.807) is 7.11 Å². The van der Waals surface area contributed by atoms with Gasteiger partial charge in [0.05, 0.1) is 24.3 Å². The standard InChI is InChI=1S/C28H34N2O5/c1-18-17-30-14-13-21-23(25(30)29-18)34-22(19-9-7-6-8-10-19)24(35-26(31)27(2,3)4)28(21,20-11-12-20)33-16-15-32-5/h6-10,13-14,17,20,22,24H,11-12,15-16H2,1-5H3/t22-,24-,28+/m1/s1. The minimum atomic E-state index is -0.880. The van der Waals surface area contributed by atoms with Gasteiger partial charge in [-0.15, -0.1) is 0 Å². The van der Waals surface area contributed by atoms with Crippen LogP contribution in [-0.2, 0) is 24.6 Å². The van der Waals surface area contributed by atoms with Gasteiger partial charge >= 0.3 is 5.97 Å². The molecule has 3 aromatic rings. The van der Waals surface area contributed by atoms with E-state index in [1.807, 2.05) is 80.9 Å². The second-order valence-corrected chi connectivity index (χ2v) is 10.6. The SMILES string of the molecule is COCCO[C@@]1(C2CC2)c2ccn3cc(C)nc3c2O[C@H](c2ccccc2)[C@H]1OC(=O)C(C)(C)C. The Hall–Kier alpha value is -2.90. The summed E-state index contributed by atoms with van der Waals surface area (Å²) in [4.78, 5) is 18.1. The molecule has 7 heteroatoms. The van der Waals surface area contributed by atoms with E-state index in [0.29, 0.717) is 19.0 Å². The Morgan fingerprint density at radius 1 is 1.17 bits per heavy atom. The molecule has 2 aliphatic rings. The molecule has 1 fully saturated rings. The highest BCUT2D eigenvalue weighted by Crippen LogP contribution is 2.59. The molecule has 5 rings (SSSR count). The van der Waals surface area contributed by atoms with Gasteiger partial charge < -0.3 is 23.3 Å². The van der Waals surface area contributed by atoms with Crippen LogP contribution in [0.2, 0.25) is 0 Å². The quantitative estimate of drug-likeness (QED) is 0.351.